The van der Waals surface area contributed by atoms with Crippen LogP contribution in [0.2, 0.25) is 0 Å². The van der Waals surface area contributed by atoms with Gasteiger partial charge in [-0.2, -0.15) is 5.26 Å². The van der Waals surface area contributed by atoms with Crippen LogP contribution in [0.4, 0.5) is 5.69 Å². The Balaban J connectivity index is 2.05. The van der Waals surface area contributed by atoms with E-state index < -0.39 is 10.0 Å². The van der Waals surface area contributed by atoms with Gasteiger partial charge in [0.05, 0.1) is 11.1 Å². The van der Waals surface area contributed by atoms with Crippen LogP contribution in [0.1, 0.15) is 5.56 Å². The Morgan fingerprint density at radius 2 is 1.83 bits per heavy atom. The zero-order valence-electron chi connectivity index (χ0n) is 12.7. The van der Waals surface area contributed by atoms with E-state index in [9.17, 15) is 13.2 Å². The number of nitrogens with zero attached hydrogens (tertiary/aromatic N) is 2. The smallest absolute Gasteiger partial charge is 0.263 e. The summed E-state index contributed by atoms with van der Waals surface area (Å²) in [7, 11) is -2.23. The maximum absolute atomic E-state index is 12.5. The van der Waals surface area contributed by atoms with Crippen molar-refractivity contribution in [2.75, 3.05) is 4.72 Å². The van der Waals surface area contributed by atoms with Crippen molar-refractivity contribution in [3.05, 3.63) is 70.5 Å². The van der Waals surface area contributed by atoms with Gasteiger partial charge >= 0.3 is 0 Å². The predicted molar refractivity (Wildman–Crippen MR) is 91.2 cm³/mol. The Labute approximate surface area is 138 Å². The van der Waals surface area contributed by atoms with Crippen molar-refractivity contribution < 1.29 is 8.42 Å². The van der Waals surface area contributed by atoms with E-state index in [-0.39, 0.29) is 16.0 Å². The molecular formula is C17H13N3O3S. The molecule has 1 N–H and O–H groups in total. The molecule has 3 aromatic rings. The Morgan fingerprint density at radius 1 is 1.08 bits per heavy atom. The Hall–Kier alpha value is -3.11. The quantitative estimate of drug-likeness (QED) is 0.792. The lowest BCUT2D eigenvalue weighted by Crippen LogP contribution is -2.16. The van der Waals surface area contributed by atoms with Crippen molar-refractivity contribution in [3.63, 3.8) is 0 Å². The van der Waals surface area contributed by atoms with E-state index >= 15 is 0 Å². The van der Waals surface area contributed by atoms with Crippen molar-refractivity contribution in [2.45, 2.75) is 4.90 Å². The van der Waals surface area contributed by atoms with Gasteiger partial charge < -0.3 is 4.57 Å². The fraction of sp³-hybridized carbons (Fsp3) is 0.0588. The minimum atomic E-state index is -3.88. The minimum Gasteiger partial charge on any atom is -0.311 e. The van der Waals surface area contributed by atoms with Crippen LogP contribution in [0, 0.1) is 11.3 Å². The fourth-order valence-corrected chi connectivity index (χ4v) is 3.66. The minimum absolute atomic E-state index is 0.0759. The highest BCUT2D eigenvalue weighted by Crippen LogP contribution is 2.22. The van der Waals surface area contributed by atoms with Crippen LogP contribution in [0.5, 0.6) is 0 Å². The van der Waals surface area contributed by atoms with Crippen LogP contribution in [-0.4, -0.2) is 13.0 Å². The number of benzene rings is 2. The van der Waals surface area contributed by atoms with E-state index in [1.54, 1.807) is 43.4 Å². The summed E-state index contributed by atoms with van der Waals surface area (Å²) in [5.41, 5.74) is 0.990. The van der Waals surface area contributed by atoms with Crippen LogP contribution in [-0.2, 0) is 17.1 Å². The molecule has 0 radical (unpaired) electrons. The summed E-state index contributed by atoms with van der Waals surface area (Å²) in [5, 5.41) is 9.80. The number of nitrogens with one attached hydrogen (secondary N) is 1. The molecule has 0 bridgehead atoms. The average Bonchev–Trinajstić information content (AvgIpc) is 2.58. The molecule has 0 aliphatic carbocycles. The maximum Gasteiger partial charge on any atom is 0.263 e. The van der Waals surface area contributed by atoms with Gasteiger partial charge in [0, 0.05) is 24.2 Å². The highest BCUT2D eigenvalue weighted by Gasteiger charge is 2.18. The average molecular weight is 339 g/mol. The second-order valence-corrected chi connectivity index (χ2v) is 6.87. The summed E-state index contributed by atoms with van der Waals surface area (Å²) in [6.07, 6.45) is 0. The van der Waals surface area contributed by atoms with Crippen LogP contribution < -0.4 is 10.3 Å². The summed E-state index contributed by atoms with van der Waals surface area (Å²) >= 11 is 0. The molecule has 1 aromatic heterocycles. The molecule has 120 valence electrons. The van der Waals surface area contributed by atoms with E-state index in [4.69, 9.17) is 5.26 Å². The summed E-state index contributed by atoms with van der Waals surface area (Å²) in [5.74, 6) is 0. The zero-order chi connectivity index (χ0) is 17.3. The first-order valence-electron chi connectivity index (χ1n) is 7.04. The van der Waals surface area contributed by atoms with Gasteiger partial charge in [-0.25, -0.2) is 8.42 Å². The second-order valence-electron chi connectivity index (χ2n) is 5.22. The van der Waals surface area contributed by atoms with Gasteiger partial charge in [-0.3, -0.25) is 9.52 Å². The van der Waals surface area contributed by atoms with Gasteiger partial charge in [-0.15, -0.1) is 0 Å². The molecule has 0 atom stereocenters. The number of sulfonamides is 1. The molecule has 1 heterocycles. The summed E-state index contributed by atoms with van der Waals surface area (Å²) < 4.78 is 29.0. The molecule has 0 aliphatic heterocycles. The van der Waals surface area contributed by atoms with Crippen molar-refractivity contribution in [2.24, 2.45) is 7.05 Å². The molecule has 0 amide bonds. The molecule has 7 heteroatoms. The number of hydrogen-bond donors (Lipinski definition) is 1. The third-order valence-corrected chi connectivity index (χ3v) is 5.11. The lowest BCUT2D eigenvalue weighted by atomic mass is 10.2. The highest BCUT2D eigenvalue weighted by atomic mass is 32.2. The summed E-state index contributed by atoms with van der Waals surface area (Å²) in [6, 6.07) is 15.8. The molecular weight excluding hydrogens is 326 g/mol. The third-order valence-electron chi connectivity index (χ3n) is 3.67. The van der Waals surface area contributed by atoms with Crippen molar-refractivity contribution in [1.29, 1.82) is 5.26 Å². The van der Waals surface area contributed by atoms with Crippen molar-refractivity contribution >= 4 is 26.6 Å². The number of aromatic nitrogens is 1. The number of hydrogen-bond acceptors (Lipinski definition) is 4. The monoisotopic (exact) mass is 339 g/mol. The van der Waals surface area contributed by atoms with E-state index in [0.29, 0.717) is 11.2 Å². The lowest BCUT2D eigenvalue weighted by molar-refractivity contribution is 0.601. The largest absolute Gasteiger partial charge is 0.311 e. The zero-order valence-corrected chi connectivity index (χ0v) is 13.5. The number of rotatable bonds is 3. The molecule has 0 saturated heterocycles. The first kappa shape index (κ1) is 15.8. The topological polar surface area (TPSA) is 92.0 Å². The van der Waals surface area contributed by atoms with Gasteiger partial charge in [0.25, 0.3) is 15.6 Å². The van der Waals surface area contributed by atoms with E-state index in [1.807, 2.05) is 6.07 Å². The van der Waals surface area contributed by atoms with Gasteiger partial charge in [-0.05, 0) is 36.4 Å². The molecule has 2 aromatic carbocycles. The molecule has 0 saturated carbocycles. The van der Waals surface area contributed by atoms with Gasteiger partial charge in [0.2, 0.25) is 0 Å². The number of fused-ring (bicyclic) bond motifs is 1. The second kappa shape index (κ2) is 5.83. The molecule has 24 heavy (non-hydrogen) atoms. The number of nitriles is 1. The van der Waals surface area contributed by atoms with Crippen molar-refractivity contribution in [1.82, 2.24) is 4.57 Å². The molecule has 0 aliphatic rings. The molecule has 0 unspecified atom stereocenters. The van der Waals surface area contributed by atoms with Gasteiger partial charge in [-0.1, -0.05) is 12.1 Å². The fourth-order valence-electron chi connectivity index (χ4n) is 2.45. The molecule has 3 rings (SSSR count). The van der Waals surface area contributed by atoms with Gasteiger partial charge in [0.15, 0.2) is 0 Å². The predicted octanol–water partition coefficient (Wildman–Crippen LogP) is 2.21. The molecule has 0 fully saturated rings. The van der Waals surface area contributed by atoms with Crippen molar-refractivity contribution in [3.8, 4) is 6.07 Å². The lowest BCUT2D eigenvalue weighted by Gasteiger charge is -2.11. The number of anilines is 1. The number of aryl methyl sites for hydroxylation is 1. The van der Waals surface area contributed by atoms with E-state index in [1.165, 1.54) is 22.8 Å². The normalized spacial score (nSPS) is 11.2. The van der Waals surface area contributed by atoms with E-state index in [2.05, 4.69) is 4.72 Å². The standard InChI is InChI=1S/C17H13N3O3S/c1-20-15-8-7-14(10-12(15)6-9-17(20)21)19-24(22,23)16-5-3-2-4-13(16)11-18/h2-10,19H,1H3. The summed E-state index contributed by atoms with van der Waals surface area (Å²) in [6.45, 7) is 0. The highest BCUT2D eigenvalue weighted by molar-refractivity contribution is 7.92. The van der Waals surface area contributed by atoms with Crippen LogP contribution in [0.15, 0.2) is 64.3 Å². The summed E-state index contributed by atoms with van der Waals surface area (Å²) in [4.78, 5) is 11.5. The van der Waals surface area contributed by atoms with Crippen LogP contribution in [0.3, 0.4) is 0 Å². The Morgan fingerprint density at radius 3 is 2.58 bits per heavy atom. The SMILES string of the molecule is Cn1c(=O)ccc2cc(NS(=O)(=O)c3ccccc3C#N)ccc21. The van der Waals surface area contributed by atoms with Gasteiger partial charge in [0.1, 0.15) is 11.0 Å². The maximum atomic E-state index is 12.5. The third kappa shape index (κ3) is 2.75. The van der Waals surface area contributed by atoms with E-state index in [0.717, 1.165) is 5.39 Å². The first-order valence-corrected chi connectivity index (χ1v) is 8.52. The van der Waals surface area contributed by atoms with Crippen LogP contribution in [0.25, 0.3) is 10.9 Å². The van der Waals surface area contributed by atoms with Crippen LogP contribution >= 0.6 is 0 Å². The molecule has 0 spiro atoms. The number of pyridine rings is 1. The Kier molecular flexibility index (Phi) is 3.83. The first-order chi connectivity index (χ1) is 11.4. The Bertz CT molecular complexity index is 1140. The molecule has 6 nitrogen and oxygen atoms in total.